The van der Waals surface area contributed by atoms with Crippen LogP contribution in [-0.2, 0) is 20.8 Å². The Kier molecular flexibility index (Phi) is 6.90. The average Bonchev–Trinajstić information content (AvgIpc) is 2.97. The van der Waals surface area contributed by atoms with Gasteiger partial charge in [-0.1, -0.05) is 0 Å². The summed E-state index contributed by atoms with van der Waals surface area (Å²) >= 11 is 0. The van der Waals surface area contributed by atoms with Gasteiger partial charge in [0, 0.05) is 30.6 Å². The molecule has 0 bridgehead atoms. The first-order chi connectivity index (χ1) is 12.9. The largest absolute Gasteiger partial charge is 0.465 e. The normalized spacial score (nSPS) is 10.5. The van der Waals surface area contributed by atoms with E-state index in [9.17, 15) is 14.4 Å². The minimum atomic E-state index is -0.632. The van der Waals surface area contributed by atoms with Crippen molar-refractivity contribution in [3.63, 3.8) is 0 Å². The summed E-state index contributed by atoms with van der Waals surface area (Å²) in [6.07, 6.45) is 0. The highest BCUT2D eigenvalue weighted by atomic mass is 16.5. The molecule has 0 unspecified atom stereocenters. The van der Waals surface area contributed by atoms with Crippen LogP contribution in [0.15, 0.2) is 30.3 Å². The van der Waals surface area contributed by atoms with Crippen molar-refractivity contribution in [3.05, 3.63) is 58.4 Å². The monoisotopic (exact) mass is 373 g/mol. The maximum atomic E-state index is 12.4. The number of rotatable bonds is 8. The molecule has 144 valence electrons. The smallest absolute Gasteiger partial charge is 0.338 e. The van der Waals surface area contributed by atoms with Crippen molar-refractivity contribution >= 4 is 17.7 Å². The predicted molar refractivity (Wildman–Crippen MR) is 98.2 cm³/mol. The Morgan fingerprint density at radius 2 is 1.56 bits per heavy atom. The quantitative estimate of drug-likeness (QED) is 0.522. The van der Waals surface area contributed by atoms with Gasteiger partial charge >= 0.3 is 11.9 Å². The molecule has 0 spiro atoms. The van der Waals surface area contributed by atoms with E-state index in [0.29, 0.717) is 24.3 Å². The Balaban J connectivity index is 2.01. The van der Waals surface area contributed by atoms with Crippen LogP contribution in [0.1, 0.15) is 42.5 Å². The molecule has 7 heteroatoms. The Morgan fingerprint density at radius 1 is 0.963 bits per heavy atom. The van der Waals surface area contributed by atoms with Gasteiger partial charge in [0.1, 0.15) is 0 Å². The lowest BCUT2D eigenvalue weighted by Crippen LogP contribution is -2.15. The summed E-state index contributed by atoms with van der Waals surface area (Å²) in [5, 5.41) is 0. The number of carbonyl (C=O) groups is 3. The average molecular weight is 373 g/mol. The molecule has 0 amide bonds. The maximum absolute atomic E-state index is 12.4. The highest BCUT2D eigenvalue weighted by molar-refractivity contribution is 6.00. The summed E-state index contributed by atoms with van der Waals surface area (Å²) < 4.78 is 16.8. The molecule has 0 saturated carbocycles. The molecule has 0 aliphatic heterocycles. The molecular weight excluding hydrogens is 350 g/mol. The minimum absolute atomic E-state index is 0.251. The lowest BCUT2D eigenvalue weighted by Gasteiger charge is -2.09. The third kappa shape index (κ3) is 4.83. The number of nitrogens with zero attached hydrogens (tertiary/aromatic N) is 1. The third-order valence-corrected chi connectivity index (χ3v) is 4.27. The van der Waals surface area contributed by atoms with Crippen LogP contribution in [0.3, 0.4) is 0 Å². The van der Waals surface area contributed by atoms with Gasteiger partial charge in [-0.25, -0.2) is 9.59 Å². The van der Waals surface area contributed by atoms with Crippen LogP contribution in [0.25, 0.3) is 0 Å². The molecule has 0 N–H and O–H groups in total. The summed E-state index contributed by atoms with van der Waals surface area (Å²) in [6, 6.07) is 7.62. The zero-order valence-corrected chi connectivity index (χ0v) is 15.9. The topological polar surface area (TPSA) is 83.8 Å². The Bertz CT molecular complexity index is 835. The van der Waals surface area contributed by atoms with Gasteiger partial charge < -0.3 is 18.8 Å². The number of benzene rings is 1. The molecule has 0 saturated heterocycles. The highest BCUT2D eigenvalue weighted by Gasteiger charge is 2.18. The number of aryl methyl sites for hydroxylation is 1. The van der Waals surface area contributed by atoms with E-state index in [4.69, 9.17) is 9.47 Å². The van der Waals surface area contributed by atoms with Crippen molar-refractivity contribution in [2.75, 3.05) is 27.4 Å². The second-order valence-corrected chi connectivity index (χ2v) is 6.00. The van der Waals surface area contributed by atoms with Gasteiger partial charge in [0.2, 0.25) is 5.78 Å². The van der Waals surface area contributed by atoms with E-state index in [1.165, 1.54) is 31.4 Å². The van der Waals surface area contributed by atoms with Crippen molar-refractivity contribution in [1.82, 2.24) is 4.57 Å². The first-order valence-corrected chi connectivity index (χ1v) is 8.43. The van der Waals surface area contributed by atoms with Gasteiger partial charge in [0.05, 0.1) is 24.8 Å². The lowest BCUT2D eigenvalue weighted by atomic mass is 10.1. The number of carbonyl (C=O) groups excluding carboxylic acids is 3. The first-order valence-electron chi connectivity index (χ1n) is 8.43. The summed E-state index contributed by atoms with van der Waals surface area (Å²) in [5.41, 5.74) is 2.86. The van der Waals surface area contributed by atoms with Crippen molar-refractivity contribution in [3.8, 4) is 0 Å². The molecule has 2 rings (SSSR count). The van der Waals surface area contributed by atoms with Crippen LogP contribution in [0, 0.1) is 13.8 Å². The second kappa shape index (κ2) is 9.14. The molecule has 0 atom stereocenters. The molecule has 0 radical (unpaired) electrons. The number of aromatic nitrogens is 1. The van der Waals surface area contributed by atoms with E-state index in [-0.39, 0.29) is 18.0 Å². The Labute approximate surface area is 157 Å². The summed E-state index contributed by atoms with van der Waals surface area (Å²) in [5.74, 6) is -1.40. The van der Waals surface area contributed by atoms with Crippen LogP contribution in [0.4, 0.5) is 0 Å². The second-order valence-electron chi connectivity index (χ2n) is 6.00. The van der Waals surface area contributed by atoms with Crippen LogP contribution in [0.2, 0.25) is 0 Å². The van der Waals surface area contributed by atoms with E-state index in [1.807, 2.05) is 18.4 Å². The van der Waals surface area contributed by atoms with Gasteiger partial charge in [-0.3, -0.25) is 4.79 Å². The number of Topliss-reactive ketones (excluding diaryl/α,β-unsaturated/α-hetero) is 1. The van der Waals surface area contributed by atoms with E-state index in [1.54, 1.807) is 13.2 Å². The summed E-state index contributed by atoms with van der Waals surface area (Å²) in [4.78, 5) is 36.0. The first kappa shape index (κ1) is 20.4. The lowest BCUT2D eigenvalue weighted by molar-refractivity contribution is 0.0474. The molecule has 1 aromatic heterocycles. The SMILES string of the molecule is COCCn1c(C)cc(C(=O)COC(=O)c2ccc(C(=O)OC)cc2)c1C. The predicted octanol–water partition coefficient (Wildman–Crippen LogP) is 2.58. The van der Waals surface area contributed by atoms with Gasteiger partial charge in [0.25, 0.3) is 0 Å². The van der Waals surface area contributed by atoms with Crippen LogP contribution >= 0.6 is 0 Å². The van der Waals surface area contributed by atoms with Crippen LogP contribution in [-0.4, -0.2) is 49.7 Å². The number of esters is 2. The highest BCUT2D eigenvalue weighted by Crippen LogP contribution is 2.16. The van der Waals surface area contributed by atoms with Gasteiger partial charge in [-0.2, -0.15) is 0 Å². The van der Waals surface area contributed by atoms with E-state index < -0.39 is 11.9 Å². The minimum Gasteiger partial charge on any atom is -0.465 e. The molecule has 2 aromatic rings. The third-order valence-electron chi connectivity index (χ3n) is 4.27. The zero-order valence-electron chi connectivity index (χ0n) is 15.9. The fourth-order valence-electron chi connectivity index (χ4n) is 2.76. The molecule has 1 aromatic carbocycles. The van der Waals surface area contributed by atoms with Gasteiger partial charge in [-0.05, 0) is 44.2 Å². The summed E-state index contributed by atoms with van der Waals surface area (Å²) in [7, 11) is 2.90. The number of ether oxygens (including phenoxy) is 3. The standard InChI is InChI=1S/C20H23NO6/c1-13-11-17(14(2)21(13)9-10-25-3)18(22)12-27-20(24)16-7-5-15(6-8-16)19(23)26-4/h5-8,11H,9-10,12H2,1-4H3. The molecule has 0 aliphatic rings. The molecule has 0 aliphatic carbocycles. The fourth-order valence-corrected chi connectivity index (χ4v) is 2.76. The molecule has 1 heterocycles. The molecule has 27 heavy (non-hydrogen) atoms. The van der Waals surface area contributed by atoms with E-state index in [2.05, 4.69) is 4.74 Å². The van der Waals surface area contributed by atoms with Gasteiger partial charge in [0.15, 0.2) is 6.61 Å². The van der Waals surface area contributed by atoms with Gasteiger partial charge in [-0.15, -0.1) is 0 Å². The van der Waals surface area contributed by atoms with Crippen molar-refractivity contribution < 1.29 is 28.6 Å². The van der Waals surface area contributed by atoms with Crippen molar-refractivity contribution in [2.45, 2.75) is 20.4 Å². The fraction of sp³-hybridized carbons (Fsp3) is 0.350. The Morgan fingerprint density at radius 3 is 2.11 bits per heavy atom. The van der Waals surface area contributed by atoms with Crippen LogP contribution in [0.5, 0.6) is 0 Å². The van der Waals surface area contributed by atoms with E-state index >= 15 is 0 Å². The molecular formula is C20H23NO6. The van der Waals surface area contributed by atoms with Crippen LogP contribution < -0.4 is 0 Å². The number of hydrogen-bond donors (Lipinski definition) is 0. The molecule has 0 fully saturated rings. The number of methoxy groups -OCH3 is 2. The summed E-state index contributed by atoms with van der Waals surface area (Å²) in [6.45, 7) is 4.60. The van der Waals surface area contributed by atoms with Crippen molar-refractivity contribution in [2.24, 2.45) is 0 Å². The number of hydrogen-bond acceptors (Lipinski definition) is 6. The molecule has 7 nitrogen and oxygen atoms in total. The number of ketones is 1. The maximum Gasteiger partial charge on any atom is 0.338 e. The van der Waals surface area contributed by atoms with Crippen molar-refractivity contribution in [1.29, 1.82) is 0 Å². The van der Waals surface area contributed by atoms with E-state index in [0.717, 1.165) is 11.4 Å². The zero-order chi connectivity index (χ0) is 20.0. The Hall–Kier alpha value is -2.93.